The number of benzene rings is 1. The summed E-state index contributed by atoms with van der Waals surface area (Å²) in [6.07, 6.45) is -0.313. The number of hydrogen-bond acceptors (Lipinski definition) is 2. The lowest BCUT2D eigenvalue weighted by Crippen LogP contribution is -2.04. The van der Waals surface area contributed by atoms with Gasteiger partial charge in [0, 0.05) is 0 Å². The van der Waals surface area contributed by atoms with Gasteiger partial charge in [0.25, 0.3) is 0 Å². The smallest absolute Gasteiger partial charge is 0.416 e. The lowest BCUT2D eigenvalue weighted by molar-refractivity contribution is -0.137. The second-order valence-corrected chi connectivity index (χ2v) is 4.07. The van der Waals surface area contributed by atoms with Crippen molar-refractivity contribution in [3.05, 3.63) is 29.8 Å². The summed E-state index contributed by atoms with van der Waals surface area (Å²) < 4.78 is 42.2. The number of hydrogen-bond donors (Lipinski definition) is 1. The van der Waals surface area contributed by atoms with Crippen LogP contribution in [0.2, 0.25) is 0 Å². The van der Waals surface area contributed by atoms with Crippen LogP contribution in [0.5, 0.6) is 5.75 Å². The lowest BCUT2D eigenvalue weighted by atomic mass is 10.2. The van der Waals surface area contributed by atoms with E-state index >= 15 is 0 Å². The second kappa shape index (κ2) is 7.26. The Morgan fingerprint density at radius 2 is 1.56 bits per heavy atom. The molecule has 0 atom stereocenters. The third-order valence-electron chi connectivity index (χ3n) is 2.55. The molecule has 1 rings (SSSR count). The molecule has 18 heavy (non-hydrogen) atoms. The zero-order valence-corrected chi connectivity index (χ0v) is 10.2. The van der Waals surface area contributed by atoms with Gasteiger partial charge >= 0.3 is 6.18 Å². The van der Waals surface area contributed by atoms with Crippen molar-refractivity contribution in [2.75, 3.05) is 13.2 Å². The molecule has 0 spiro atoms. The maximum Gasteiger partial charge on any atom is 0.416 e. The van der Waals surface area contributed by atoms with Crippen molar-refractivity contribution >= 4 is 0 Å². The van der Waals surface area contributed by atoms with Crippen molar-refractivity contribution in [3.8, 4) is 5.75 Å². The molecule has 0 fully saturated rings. The predicted octanol–water partition coefficient (Wildman–Crippen LogP) is 3.60. The Balaban J connectivity index is 2.27. The normalized spacial score (nSPS) is 11.6. The molecule has 102 valence electrons. The van der Waals surface area contributed by atoms with E-state index in [1.54, 1.807) is 0 Å². The minimum atomic E-state index is -4.29. The monoisotopic (exact) mass is 261 g/mol. The molecule has 0 saturated carbocycles. The highest BCUT2D eigenvalue weighted by Crippen LogP contribution is 2.30. The first-order valence-electron chi connectivity index (χ1n) is 6.04. The maximum absolute atomic E-state index is 12.3. The molecule has 0 aliphatic rings. The van der Waals surface area contributed by atoms with Crippen LogP contribution in [0.3, 0.4) is 0 Å². The van der Waals surface area contributed by atoms with Gasteiger partial charge in [0.15, 0.2) is 0 Å². The molecule has 1 aromatic rings. The maximum atomic E-state index is 12.3. The van der Waals surface area contributed by atoms with E-state index in [1.165, 1.54) is 12.1 Å². The number of nitrogens with two attached hydrogens (primary N) is 1. The quantitative estimate of drug-likeness (QED) is 0.761. The van der Waals surface area contributed by atoms with Crippen LogP contribution in [-0.2, 0) is 6.18 Å². The van der Waals surface area contributed by atoms with E-state index < -0.39 is 11.7 Å². The highest BCUT2D eigenvalue weighted by atomic mass is 19.4. The number of rotatable bonds is 7. The Morgan fingerprint density at radius 3 is 2.11 bits per heavy atom. The Hall–Kier alpha value is -1.23. The Kier molecular flexibility index (Phi) is 5.98. The summed E-state index contributed by atoms with van der Waals surface area (Å²) in [4.78, 5) is 0. The van der Waals surface area contributed by atoms with Crippen molar-refractivity contribution < 1.29 is 17.9 Å². The largest absolute Gasteiger partial charge is 0.494 e. The first-order chi connectivity index (χ1) is 8.54. The van der Waals surface area contributed by atoms with E-state index in [0.29, 0.717) is 18.9 Å². The highest BCUT2D eigenvalue weighted by molar-refractivity contribution is 5.28. The van der Waals surface area contributed by atoms with Crippen molar-refractivity contribution in [3.63, 3.8) is 0 Å². The number of halogens is 3. The number of unbranched alkanes of at least 4 members (excludes halogenated alkanes) is 3. The first kappa shape index (κ1) is 14.8. The van der Waals surface area contributed by atoms with E-state index in [9.17, 15) is 13.2 Å². The summed E-state index contributed by atoms with van der Waals surface area (Å²) in [5.74, 6) is 0.474. The van der Waals surface area contributed by atoms with Gasteiger partial charge in [0.2, 0.25) is 0 Å². The van der Waals surface area contributed by atoms with Crippen molar-refractivity contribution in [2.24, 2.45) is 5.73 Å². The summed E-state index contributed by atoms with van der Waals surface area (Å²) in [5, 5.41) is 0. The molecule has 2 N–H and O–H groups in total. The van der Waals surface area contributed by atoms with E-state index in [4.69, 9.17) is 10.5 Å². The zero-order chi connectivity index (χ0) is 13.4. The van der Waals surface area contributed by atoms with Crippen molar-refractivity contribution in [2.45, 2.75) is 31.9 Å². The average Bonchev–Trinajstić information content (AvgIpc) is 2.33. The van der Waals surface area contributed by atoms with Crippen LogP contribution in [0.25, 0.3) is 0 Å². The van der Waals surface area contributed by atoms with Gasteiger partial charge in [-0.2, -0.15) is 13.2 Å². The Morgan fingerprint density at radius 1 is 0.944 bits per heavy atom. The summed E-state index contributed by atoms with van der Waals surface area (Å²) in [5.41, 5.74) is 4.71. The fourth-order valence-electron chi connectivity index (χ4n) is 1.53. The Bertz CT molecular complexity index is 335. The van der Waals surface area contributed by atoms with Crippen LogP contribution in [0.4, 0.5) is 13.2 Å². The van der Waals surface area contributed by atoms with Gasteiger partial charge in [-0.1, -0.05) is 12.8 Å². The standard InChI is InChI=1S/C13H18F3NO/c14-13(15,16)11-5-7-12(8-6-11)18-10-4-2-1-3-9-17/h5-8H,1-4,9-10,17H2. The van der Waals surface area contributed by atoms with Crippen LogP contribution in [0.1, 0.15) is 31.2 Å². The molecule has 0 saturated heterocycles. The van der Waals surface area contributed by atoms with Gasteiger partial charge in [-0.05, 0) is 43.7 Å². The average molecular weight is 261 g/mol. The Labute approximate surface area is 105 Å². The van der Waals surface area contributed by atoms with Crippen LogP contribution >= 0.6 is 0 Å². The molecule has 0 aliphatic heterocycles. The van der Waals surface area contributed by atoms with Gasteiger partial charge in [-0.15, -0.1) is 0 Å². The van der Waals surface area contributed by atoms with E-state index in [0.717, 1.165) is 37.8 Å². The lowest BCUT2D eigenvalue weighted by Gasteiger charge is -2.09. The van der Waals surface area contributed by atoms with Crippen molar-refractivity contribution in [1.29, 1.82) is 0 Å². The van der Waals surface area contributed by atoms with Gasteiger partial charge in [0.05, 0.1) is 12.2 Å². The zero-order valence-electron chi connectivity index (χ0n) is 10.2. The minimum absolute atomic E-state index is 0.474. The summed E-state index contributed by atoms with van der Waals surface area (Å²) in [7, 11) is 0. The molecule has 0 unspecified atom stereocenters. The molecule has 2 nitrogen and oxygen atoms in total. The number of ether oxygens (including phenoxy) is 1. The van der Waals surface area contributed by atoms with Crippen LogP contribution < -0.4 is 10.5 Å². The van der Waals surface area contributed by atoms with Crippen LogP contribution in [0.15, 0.2) is 24.3 Å². The molecule has 0 amide bonds. The van der Waals surface area contributed by atoms with Gasteiger partial charge in [0.1, 0.15) is 5.75 Å². The number of alkyl halides is 3. The second-order valence-electron chi connectivity index (χ2n) is 4.07. The predicted molar refractivity (Wildman–Crippen MR) is 64.5 cm³/mol. The highest BCUT2D eigenvalue weighted by Gasteiger charge is 2.29. The SMILES string of the molecule is NCCCCCCOc1ccc(C(F)(F)F)cc1. The summed E-state index contributed by atoms with van der Waals surface area (Å²) >= 11 is 0. The van der Waals surface area contributed by atoms with Crippen LogP contribution in [-0.4, -0.2) is 13.2 Å². The minimum Gasteiger partial charge on any atom is -0.494 e. The summed E-state index contributed by atoms with van der Waals surface area (Å²) in [6.45, 7) is 1.22. The van der Waals surface area contributed by atoms with E-state index in [-0.39, 0.29) is 0 Å². The van der Waals surface area contributed by atoms with E-state index in [1.807, 2.05) is 0 Å². The fraction of sp³-hybridized carbons (Fsp3) is 0.538. The molecule has 5 heteroatoms. The topological polar surface area (TPSA) is 35.2 Å². The third kappa shape index (κ3) is 5.40. The van der Waals surface area contributed by atoms with Crippen molar-refractivity contribution in [1.82, 2.24) is 0 Å². The van der Waals surface area contributed by atoms with Crippen LogP contribution in [0, 0.1) is 0 Å². The van der Waals surface area contributed by atoms with E-state index in [2.05, 4.69) is 0 Å². The third-order valence-corrected chi connectivity index (χ3v) is 2.55. The summed E-state index contributed by atoms with van der Waals surface area (Å²) in [6, 6.07) is 4.76. The molecule has 0 heterocycles. The molecular formula is C13H18F3NO. The van der Waals surface area contributed by atoms with Gasteiger partial charge < -0.3 is 10.5 Å². The molecular weight excluding hydrogens is 243 g/mol. The molecule has 0 bridgehead atoms. The van der Waals surface area contributed by atoms with Gasteiger partial charge in [-0.25, -0.2) is 0 Å². The molecule has 1 aromatic carbocycles. The van der Waals surface area contributed by atoms with Gasteiger partial charge in [-0.3, -0.25) is 0 Å². The molecule has 0 aliphatic carbocycles. The fourth-order valence-corrected chi connectivity index (χ4v) is 1.53. The molecule has 0 radical (unpaired) electrons. The molecule has 0 aromatic heterocycles. The first-order valence-corrected chi connectivity index (χ1v) is 6.04.